The second kappa shape index (κ2) is 7.28. The van der Waals surface area contributed by atoms with Crippen molar-refractivity contribution in [2.24, 2.45) is 0 Å². The van der Waals surface area contributed by atoms with Gasteiger partial charge < -0.3 is 10.3 Å². The molecule has 0 spiro atoms. The Morgan fingerprint density at radius 2 is 2.03 bits per heavy atom. The van der Waals surface area contributed by atoms with Gasteiger partial charge in [-0.15, -0.1) is 0 Å². The van der Waals surface area contributed by atoms with Gasteiger partial charge in [-0.1, -0.05) is 18.2 Å². The van der Waals surface area contributed by atoms with Crippen molar-refractivity contribution in [3.8, 4) is 5.69 Å². The van der Waals surface area contributed by atoms with Crippen LogP contribution in [0.1, 0.15) is 24.2 Å². The molecule has 0 amide bonds. The number of aryl methyl sites for hydroxylation is 1. The van der Waals surface area contributed by atoms with Gasteiger partial charge in [0.15, 0.2) is 11.5 Å². The first kappa shape index (κ1) is 18.9. The predicted molar refractivity (Wildman–Crippen MR) is 116 cm³/mol. The molecular weight excluding hydrogens is 397 g/mol. The van der Waals surface area contributed by atoms with Crippen LogP contribution < -0.4 is 10.9 Å². The molecule has 8 nitrogen and oxygen atoms in total. The molecule has 0 aliphatic rings. The van der Waals surface area contributed by atoms with Crippen LogP contribution in [0.25, 0.3) is 27.6 Å². The summed E-state index contributed by atoms with van der Waals surface area (Å²) in [5.41, 5.74) is 2.80. The maximum atomic E-state index is 14.0. The van der Waals surface area contributed by atoms with Crippen LogP contribution in [-0.4, -0.2) is 29.5 Å². The SMILES string of the molecule is Cc1cccc2cc(C(C)Nc3ncnc4nc[nH]c34)n(-c3cncc(F)c3)c(=O)c12. The van der Waals surface area contributed by atoms with Crippen LogP contribution in [0.15, 0.2) is 60.2 Å². The third-order valence-electron chi connectivity index (χ3n) is 5.25. The minimum Gasteiger partial charge on any atom is -0.360 e. The summed E-state index contributed by atoms with van der Waals surface area (Å²) in [7, 11) is 0. The number of imidazole rings is 1. The molecular formula is C22H18FN7O. The summed E-state index contributed by atoms with van der Waals surface area (Å²) >= 11 is 0. The van der Waals surface area contributed by atoms with Gasteiger partial charge in [-0.3, -0.25) is 14.3 Å². The quantitative estimate of drug-likeness (QED) is 0.464. The lowest BCUT2D eigenvalue weighted by atomic mass is 10.0. The van der Waals surface area contributed by atoms with Crippen molar-refractivity contribution in [2.75, 3.05) is 5.32 Å². The Kier molecular flexibility index (Phi) is 4.43. The van der Waals surface area contributed by atoms with Crippen molar-refractivity contribution in [3.05, 3.63) is 82.8 Å². The van der Waals surface area contributed by atoms with Crippen LogP contribution >= 0.6 is 0 Å². The fraction of sp³-hybridized carbons (Fsp3) is 0.136. The van der Waals surface area contributed by atoms with Crippen LogP contribution in [-0.2, 0) is 0 Å². The number of fused-ring (bicyclic) bond motifs is 2. The van der Waals surface area contributed by atoms with E-state index in [2.05, 4.69) is 30.2 Å². The van der Waals surface area contributed by atoms with E-state index in [1.54, 1.807) is 6.33 Å². The molecule has 0 saturated carbocycles. The Morgan fingerprint density at radius 3 is 2.87 bits per heavy atom. The molecule has 0 aliphatic carbocycles. The number of pyridine rings is 2. The zero-order valence-corrected chi connectivity index (χ0v) is 16.8. The number of nitrogens with one attached hydrogen (secondary N) is 2. The molecule has 1 atom stereocenters. The molecule has 0 bridgehead atoms. The monoisotopic (exact) mass is 415 g/mol. The van der Waals surface area contributed by atoms with Crippen molar-refractivity contribution >= 4 is 27.8 Å². The van der Waals surface area contributed by atoms with Crippen LogP contribution in [0.3, 0.4) is 0 Å². The highest BCUT2D eigenvalue weighted by atomic mass is 19.1. The maximum Gasteiger partial charge on any atom is 0.263 e. The molecule has 0 radical (unpaired) electrons. The van der Waals surface area contributed by atoms with Crippen LogP contribution in [0.4, 0.5) is 10.2 Å². The summed E-state index contributed by atoms with van der Waals surface area (Å²) in [6, 6.07) is 8.55. The fourth-order valence-corrected chi connectivity index (χ4v) is 3.82. The first-order valence-electron chi connectivity index (χ1n) is 9.70. The predicted octanol–water partition coefficient (Wildman–Crippen LogP) is 3.67. The number of benzene rings is 1. The summed E-state index contributed by atoms with van der Waals surface area (Å²) in [6.45, 7) is 3.79. The summed E-state index contributed by atoms with van der Waals surface area (Å²) in [4.78, 5) is 33.1. The summed E-state index contributed by atoms with van der Waals surface area (Å²) in [6.07, 6.45) is 5.55. The van der Waals surface area contributed by atoms with Gasteiger partial charge in [-0.25, -0.2) is 19.3 Å². The van der Waals surface area contributed by atoms with E-state index in [1.165, 1.54) is 23.2 Å². The molecule has 5 aromatic rings. The number of aromatic amines is 1. The van der Waals surface area contributed by atoms with E-state index in [4.69, 9.17) is 0 Å². The third-order valence-corrected chi connectivity index (χ3v) is 5.25. The van der Waals surface area contributed by atoms with Gasteiger partial charge in [-0.2, -0.15) is 0 Å². The molecule has 9 heteroatoms. The normalized spacial score (nSPS) is 12.4. The molecule has 1 aromatic carbocycles. The fourth-order valence-electron chi connectivity index (χ4n) is 3.82. The average molecular weight is 415 g/mol. The lowest BCUT2D eigenvalue weighted by molar-refractivity contribution is 0.618. The van der Waals surface area contributed by atoms with Crippen LogP contribution in [0.2, 0.25) is 0 Å². The number of rotatable bonds is 4. The molecule has 5 rings (SSSR count). The van der Waals surface area contributed by atoms with Crippen molar-refractivity contribution in [1.82, 2.24) is 29.5 Å². The van der Waals surface area contributed by atoms with Crippen molar-refractivity contribution in [2.45, 2.75) is 19.9 Å². The van der Waals surface area contributed by atoms with Crippen molar-refractivity contribution < 1.29 is 4.39 Å². The number of anilines is 1. The molecule has 2 N–H and O–H groups in total. The van der Waals surface area contributed by atoms with Gasteiger partial charge in [0.2, 0.25) is 0 Å². The van der Waals surface area contributed by atoms with Crippen molar-refractivity contribution in [1.29, 1.82) is 0 Å². The molecule has 31 heavy (non-hydrogen) atoms. The maximum absolute atomic E-state index is 14.0. The first-order chi connectivity index (χ1) is 15.0. The standard InChI is InChI=1S/C22H18FN7O/c1-12-4-3-5-14-6-17(13(2)29-21-19-20(26-10-25-19)27-11-28-21)30(22(31)18(12)14)16-7-15(23)8-24-9-16/h3-11,13H,1-2H3,(H2,25,26,27,28,29). The Labute approximate surface area is 175 Å². The number of H-pyrrole nitrogens is 1. The van der Waals surface area contributed by atoms with E-state index in [9.17, 15) is 9.18 Å². The first-order valence-corrected chi connectivity index (χ1v) is 9.70. The molecule has 1 unspecified atom stereocenters. The van der Waals surface area contributed by atoms with Gasteiger partial charge in [0.1, 0.15) is 17.7 Å². The zero-order chi connectivity index (χ0) is 21.5. The van der Waals surface area contributed by atoms with Crippen LogP contribution in [0, 0.1) is 12.7 Å². The topological polar surface area (TPSA) is 101 Å². The van der Waals surface area contributed by atoms with Gasteiger partial charge >= 0.3 is 0 Å². The Bertz CT molecular complexity index is 1490. The summed E-state index contributed by atoms with van der Waals surface area (Å²) in [5, 5.41) is 4.72. The van der Waals surface area contributed by atoms with E-state index >= 15 is 0 Å². The van der Waals surface area contributed by atoms with Crippen LogP contribution in [0.5, 0.6) is 0 Å². The smallest absolute Gasteiger partial charge is 0.263 e. The molecule has 0 fully saturated rings. The van der Waals surface area contributed by atoms with E-state index in [0.29, 0.717) is 33.7 Å². The highest BCUT2D eigenvalue weighted by Gasteiger charge is 2.19. The van der Waals surface area contributed by atoms with Gasteiger partial charge in [0.05, 0.1) is 35.8 Å². The van der Waals surface area contributed by atoms with E-state index < -0.39 is 5.82 Å². The second-order valence-corrected chi connectivity index (χ2v) is 7.30. The molecule has 0 saturated heterocycles. The minimum absolute atomic E-state index is 0.235. The number of nitrogens with zero attached hydrogens (tertiary/aromatic N) is 5. The van der Waals surface area contributed by atoms with E-state index in [0.717, 1.165) is 17.1 Å². The van der Waals surface area contributed by atoms with E-state index in [-0.39, 0.29) is 11.6 Å². The lowest BCUT2D eigenvalue weighted by Gasteiger charge is -2.21. The number of aromatic nitrogens is 6. The Balaban J connectivity index is 1.72. The molecule has 4 heterocycles. The Morgan fingerprint density at radius 1 is 1.16 bits per heavy atom. The van der Waals surface area contributed by atoms with E-state index in [1.807, 2.05) is 38.1 Å². The van der Waals surface area contributed by atoms with Crippen molar-refractivity contribution in [3.63, 3.8) is 0 Å². The molecule has 4 aromatic heterocycles. The lowest BCUT2D eigenvalue weighted by Crippen LogP contribution is -2.26. The van der Waals surface area contributed by atoms with Gasteiger partial charge in [-0.05, 0) is 30.9 Å². The highest BCUT2D eigenvalue weighted by molar-refractivity contribution is 5.86. The Hall–Kier alpha value is -4.14. The number of hydrogen-bond acceptors (Lipinski definition) is 6. The highest BCUT2D eigenvalue weighted by Crippen LogP contribution is 2.26. The average Bonchev–Trinajstić information content (AvgIpc) is 3.23. The molecule has 154 valence electrons. The van der Waals surface area contributed by atoms with Gasteiger partial charge in [0, 0.05) is 11.8 Å². The number of hydrogen-bond donors (Lipinski definition) is 2. The summed E-state index contributed by atoms with van der Waals surface area (Å²) in [5.74, 6) is 0.0338. The summed E-state index contributed by atoms with van der Waals surface area (Å²) < 4.78 is 15.5. The third kappa shape index (κ3) is 3.20. The second-order valence-electron chi connectivity index (χ2n) is 7.30. The zero-order valence-electron chi connectivity index (χ0n) is 16.8. The number of halogens is 1. The van der Waals surface area contributed by atoms with Gasteiger partial charge in [0.25, 0.3) is 5.56 Å². The minimum atomic E-state index is -0.518. The molecule has 0 aliphatic heterocycles. The largest absolute Gasteiger partial charge is 0.360 e.